The molecular formula is C12H14BrN5O2. The van der Waals surface area contributed by atoms with E-state index in [1.807, 2.05) is 4.57 Å². The first-order valence-corrected chi connectivity index (χ1v) is 7.11. The zero-order valence-electron chi connectivity index (χ0n) is 10.9. The maximum absolute atomic E-state index is 11.7. The number of nitrogens with zero attached hydrogens (tertiary/aromatic N) is 4. The van der Waals surface area contributed by atoms with Crippen LogP contribution in [0.5, 0.6) is 0 Å². The van der Waals surface area contributed by atoms with Crippen LogP contribution in [0.1, 0.15) is 13.3 Å². The maximum atomic E-state index is 11.7. The Morgan fingerprint density at radius 2 is 2.40 bits per heavy atom. The van der Waals surface area contributed by atoms with Crippen molar-refractivity contribution in [2.45, 2.75) is 24.2 Å². The van der Waals surface area contributed by atoms with Crippen molar-refractivity contribution in [1.82, 2.24) is 19.5 Å². The number of hydrogen-bond acceptors (Lipinski definition) is 6. The van der Waals surface area contributed by atoms with Crippen LogP contribution in [0.4, 0.5) is 5.82 Å². The van der Waals surface area contributed by atoms with Gasteiger partial charge in [0.15, 0.2) is 11.5 Å². The molecule has 0 bridgehead atoms. The van der Waals surface area contributed by atoms with E-state index in [4.69, 9.17) is 10.5 Å². The highest BCUT2D eigenvalue weighted by molar-refractivity contribution is 9.10. The fourth-order valence-corrected chi connectivity index (χ4v) is 3.07. The number of imidazole rings is 1. The molecular weight excluding hydrogens is 326 g/mol. The van der Waals surface area contributed by atoms with E-state index in [0.29, 0.717) is 30.1 Å². The first-order valence-electron chi connectivity index (χ1n) is 6.32. The van der Waals surface area contributed by atoms with Gasteiger partial charge in [-0.1, -0.05) is 15.9 Å². The van der Waals surface area contributed by atoms with Crippen LogP contribution in [0.15, 0.2) is 12.7 Å². The van der Waals surface area contributed by atoms with Crippen molar-refractivity contribution in [1.29, 1.82) is 0 Å². The molecule has 20 heavy (non-hydrogen) atoms. The van der Waals surface area contributed by atoms with Gasteiger partial charge in [-0.3, -0.25) is 4.79 Å². The van der Waals surface area contributed by atoms with Gasteiger partial charge in [0.05, 0.1) is 23.2 Å². The Hall–Kier alpha value is -1.70. The van der Waals surface area contributed by atoms with Crippen LogP contribution in [-0.4, -0.2) is 36.4 Å². The number of alkyl halides is 1. The fraction of sp³-hybridized carbons (Fsp3) is 0.500. The van der Waals surface area contributed by atoms with Gasteiger partial charge in [-0.2, -0.15) is 0 Å². The summed E-state index contributed by atoms with van der Waals surface area (Å²) in [6.45, 7) is 2.79. The third kappa shape index (κ3) is 2.13. The van der Waals surface area contributed by atoms with E-state index in [-0.39, 0.29) is 16.2 Å². The van der Waals surface area contributed by atoms with Crippen molar-refractivity contribution in [3.8, 4) is 0 Å². The third-order valence-electron chi connectivity index (χ3n) is 3.44. The second-order valence-electron chi connectivity index (χ2n) is 4.85. The number of halogens is 1. The van der Waals surface area contributed by atoms with E-state index in [1.165, 1.54) is 6.33 Å². The normalized spacial score (nSPS) is 24.8. The van der Waals surface area contributed by atoms with Crippen LogP contribution in [0, 0.1) is 5.92 Å². The SMILES string of the molecule is CCOC(=O)C1CC1(Br)Cn1cnc2c(N)ncnc21. The van der Waals surface area contributed by atoms with Gasteiger partial charge in [0.2, 0.25) is 0 Å². The lowest BCUT2D eigenvalue weighted by molar-refractivity contribution is -0.144. The molecule has 106 valence electrons. The molecule has 2 aromatic heterocycles. The van der Waals surface area contributed by atoms with Crippen LogP contribution in [0.2, 0.25) is 0 Å². The Kier molecular flexibility index (Phi) is 3.12. The molecule has 1 saturated carbocycles. The Balaban J connectivity index is 1.81. The van der Waals surface area contributed by atoms with Crippen LogP contribution in [0.3, 0.4) is 0 Å². The first kappa shape index (κ1) is 13.3. The minimum atomic E-state index is -0.285. The number of esters is 1. The van der Waals surface area contributed by atoms with Crippen LogP contribution >= 0.6 is 15.9 Å². The Morgan fingerprint density at radius 1 is 1.60 bits per heavy atom. The minimum absolute atomic E-state index is 0.126. The van der Waals surface area contributed by atoms with Gasteiger partial charge >= 0.3 is 5.97 Å². The third-order valence-corrected chi connectivity index (χ3v) is 4.57. The number of nitrogen functional groups attached to an aromatic ring is 1. The molecule has 2 aromatic rings. The molecule has 0 aromatic carbocycles. The van der Waals surface area contributed by atoms with Gasteiger partial charge in [-0.25, -0.2) is 15.0 Å². The van der Waals surface area contributed by atoms with E-state index in [1.54, 1.807) is 13.3 Å². The van der Waals surface area contributed by atoms with Gasteiger partial charge in [0.25, 0.3) is 0 Å². The summed E-state index contributed by atoms with van der Waals surface area (Å²) in [4.78, 5) is 24.1. The van der Waals surface area contributed by atoms with E-state index >= 15 is 0 Å². The molecule has 1 fully saturated rings. The number of rotatable bonds is 4. The van der Waals surface area contributed by atoms with Gasteiger partial charge in [0, 0.05) is 6.54 Å². The summed E-state index contributed by atoms with van der Waals surface area (Å²) in [5, 5.41) is 0. The quantitative estimate of drug-likeness (QED) is 0.662. The van der Waals surface area contributed by atoms with Crippen molar-refractivity contribution >= 4 is 38.9 Å². The molecule has 2 unspecified atom stereocenters. The highest BCUT2D eigenvalue weighted by Crippen LogP contribution is 2.53. The van der Waals surface area contributed by atoms with Crippen LogP contribution in [-0.2, 0) is 16.1 Å². The molecule has 2 heterocycles. The summed E-state index contributed by atoms with van der Waals surface area (Å²) in [5.74, 6) is 0.0668. The van der Waals surface area contributed by atoms with Crippen LogP contribution in [0.25, 0.3) is 11.2 Å². The van der Waals surface area contributed by atoms with Crippen molar-refractivity contribution in [2.24, 2.45) is 5.92 Å². The Labute approximate surface area is 123 Å². The lowest BCUT2D eigenvalue weighted by Gasteiger charge is -2.10. The van der Waals surface area contributed by atoms with E-state index in [0.717, 1.165) is 6.42 Å². The maximum Gasteiger partial charge on any atom is 0.310 e. The molecule has 2 atom stereocenters. The standard InChI is InChI=1S/C12H14BrN5O2/c1-2-20-11(19)7-3-12(7,13)4-18-6-17-8-9(14)15-5-16-10(8)18/h5-7H,2-4H2,1H3,(H2,14,15,16). The number of nitrogens with two attached hydrogens (primary N) is 1. The summed E-state index contributed by atoms with van der Waals surface area (Å²) in [6.07, 6.45) is 3.82. The Morgan fingerprint density at radius 3 is 3.15 bits per heavy atom. The monoisotopic (exact) mass is 339 g/mol. The van der Waals surface area contributed by atoms with Crippen molar-refractivity contribution in [3.05, 3.63) is 12.7 Å². The molecule has 1 aliphatic carbocycles. The minimum Gasteiger partial charge on any atom is -0.466 e. The summed E-state index contributed by atoms with van der Waals surface area (Å²) in [5.41, 5.74) is 7.00. The lowest BCUT2D eigenvalue weighted by atomic mass is 10.3. The molecule has 0 radical (unpaired) electrons. The number of anilines is 1. The summed E-state index contributed by atoms with van der Waals surface area (Å²) in [7, 11) is 0. The molecule has 7 nitrogen and oxygen atoms in total. The van der Waals surface area contributed by atoms with E-state index < -0.39 is 0 Å². The predicted octanol–water partition coefficient (Wildman–Crippen LogP) is 1.13. The second kappa shape index (κ2) is 4.69. The van der Waals surface area contributed by atoms with Gasteiger partial charge < -0.3 is 15.0 Å². The van der Waals surface area contributed by atoms with Crippen molar-refractivity contribution < 1.29 is 9.53 Å². The number of carbonyl (C=O) groups excluding carboxylic acids is 1. The van der Waals surface area contributed by atoms with E-state index in [2.05, 4.69) is 30.9 Å². The number of hydrogen-bond donors (Lipinski definition) is 1. The van der Waals surface area contributed by atoms with Crippen LogP contribution < -0.4 is 5.73 Å². The first-order chi connectivity index (χ1) is 9.55. The molecule has 8 heteroatoms. The average Bonchev–Trinajstić information content (AvgIpc) is 2.90. The summed E-state index contributed by atoms with van der Waals surface area (Å²) < 4.78 is 6.64. The second-order valence-corrected chi connectivity index (χ2v) is 6.43. The molecule has 1 aliphatic rings. The average molecular weight is 340 g/mol. The molecule has 0 saturated heterocycles. The highest BCUT2D eigenvalue weighted by atomic mass is 79.9. The highest BCUT2D eigenvalue weighted by Gasteiger charge is 2.58. The summed E-state index contributed by atoms with van der Waals surface area (Å²) >= 11 is 3.63. The molecule has 0 aliphatic heterocycles. The zero-order chi connectivity index (χ0) is 14.3. The van der Waals surface area contributed by atoms with Crippen molar-refractivity contribution in [2.75, 3.05) is 12.3 Å². The predicted molar refractivity (Wildman–Crippen MR) is 76.1 cm³/mol. The lowest BCUT2D eigenvalue weighted by Crippen LogP contribution is -2.19. The number of fused-ring (bicyclic) bond motifs is 1. The van der Waals surface area contributed by atoms with E-state index in [9.17, 15) is 4.79 Å². The zero-order valence-corrected chi connectivity index (χ0v) is 12.5. The fourth-order valence-electron chi connectivity index (χ4n) is 2.29. The van der Waals surface area contributed by atoms with Crippen molar-refractivity contribution in [3.63, 3.8) is 0 Å². The molecule has 0 spiro atoms. The Bertz CT molecular complexity index is 673. The molecule has 0 amide bonds. The van der Waals surface area contributed by atoms with Gasteiger partial charge in [-0.15, -0.1) is 0 Å². The largest absolute Gasteiger partial charge is 0.466 e. The van der Waals surface area contributed by atoms with Gasteiger partial charge in [-0.05, 0) is 13.3 Å². The topological polar surface area (TPSA) is 95.9 Å². The smallest absolute Gasteiger partial charge is 0.310 e. The summed E-state index contributed by atoms with van der Waals surface area (Å²) in [6, 6.07) is 0. The number of ether oxygens (including phenoxy) is 1. The molecule has 3 rings (SSSR count). The van der Waals surface area contributed by atoms with Gasteiger partial charge in [0.1, 0.15) is 11.8 Å². The number of carbonyl (C=O) groups is 1. The number of aromatic nitrogens is 4. The molecule has 2 N–H and O–H groups in total.